The highest BCUT2D eigenvalue weighted by Gasteiger charge is 2.13. The maximum atomic E-state index is 12.2. The molecule has 0 saturated heterocycles. The Labute approximate surface area is 146 Å². The monoisotopic (exact) mass is 343 g/mol. The van der Waals surface area contributed by atoms with E-state index in [-0.39, 0.29) is 23.8 Å². The van der Waals surface area contributed by atoms with Gasteiger partial charge in [0.1, 0.15) is 11.5 Å². The maximum Gasteiger partial charge on any atom is 0.335 e. The van der Waals surface area contributed by atoms with E-state index < -0.39 is 5.97 Å². The third-order valence-corrected chi connectivity index (χ3v) is 3.67. The lowest BCUT2D eigenvalue weighted by Crippen LogP contribution is -2.21. The van der Waals surface area contributed by atoms with E-state index in [2.05, 4.69) is 5.32 Å². The van der Waals surface area contributed by atoms with E-state index in [1.165, 1.54) is 25.3 Å². The van der Waals surface area contributed by atoms with Crippen molar-refractivity contribution in [2.24, 2.45) is 0 Å². The molecule has 0 atom stereocenters. The number of anilines is 1. The number of rotatable bonds is 6. The molecule has 0 heterocycles. The van der Waals surface area contributed by atoms with E-state index in [0.29, 0.717) is 11.4 Å². The van der Waals surface area contributed by atoms with Crippen molar-refractivity contribution in [1.29, 1.82) is 0 Å². The maximum absolute atomic E-state index is 12.2. The summed E-state index contributed by atoms with van der Waals surface area (Å²) in [6, 6.07) is 8.23. The van der Waals surface area contributed by atoms with Crippen LogP contribution in [0.3, 0.4) is 0 Å². The molecular weight excluding hydrogens is 322 g/mol. The van der Waals surface area contributed by atoms with E-state index in [0.717, 1.165) is 16.7 Å². The first-order valence-electron chi connectivity index (χ1n) is 7.73. The molecule has 0 aliphatic carbocycles. The van der Waals surface area contributed by atoms with E-state index >= 15 is 0 Å². The number of carbonyl (C=O) groups excluding carboxylic acids is 1. The molecule has 2 aromatic carbocycles. The lowest BCUT2D eigenvalue weighted by Gasteiger charge is -2.14. The molecule has 6 heteroatoms. The number of carboxylic acids is 1. The predicted octanol–water partition coefficient (Wildman–Crippen LogP) is 3.34. The van der Waals surface area contributed by atoms with Gasteiger partial charge in [0.2, 0.25) is 0 Å². The van der Waals surface area contributed by atoms with E-state index in [4.69, 9.17) is 14.6 Å². The highest BCUT2D eigenvalue weighted by atomic mass is 16.5. The molecule has 0 unspecified atom stereocenters. The molecule has 0 radical (unpaired) electrons. The predicted molar refractivity (Wildman–Crippen MR) is 94.7 cm³/mol. The number of aryl methyl sites for hydroxylation is 3. The third kappa shape index (κ3) is 4.50. The van der Waals surface area contributed by atoms with Crippen LogP contribution in [0.2, 0.25) is 0 Å². The number of aromatic carboxylic acids is 1. The first-order valence-corrected chi connectivity index (χ1v) is 7.73. The van der Waals surface area contributed by atoms with Crippen LogP contribution in [0.15, 0.2) is 30.3 Å². The summed E-state index contributed by atoms with van der Waals surface area (Å²) in [5.41, 5.74) is 3.54. The molecule has 2 rings (SSSR count). The van der Waals surface area contributed by atoms with Gasteiger partial charge in [-0.2, -0.15) is 0 Å². The zero-order chi connectivity index (χ0) is 18.6. The van der Waals surface area contributed by atoms with Crippen LogP contribution in [-0.4, -0.2) is 30.7 Å². The molecule has 0 aromatic heterocycles. The number of hydrogen-bond donors (Lipinski definition) is 2. The molecule has 0 spiro atoms. The molecule has 132 valence electrons. The van der Waals surface area contributed by atoms with Crippen LogP contribution in [0.25, 0.3) is 0 Å². The molecule has 2 N–H and O–H groups in total. The van der Waals surface area contributed by atoms with Gasteiger partial charge < -0.3 is 19.9 Å². The minimum absolute atomic E-state index is 0.0806. The summed E-state index contributed by atoms with van der Waals surface area (Å²) in [7, 11) is 1.41. The molecule has 6 nitrogen and oxygen atoms in total. The zero-order valence-corrected chi connectivity index (χ0v) is 14.7. The lowest BCUT2D eigenvalue weighted by atomic mass is 10.1. The van der Waals surface area contributed by atoms with Gasteiger partial charge in [-0.05, 0) is 50.1 Å². The van der Waals surface area contributed by atoms with Crippen LogP contribution in [-0.2, 0) is 4.79 Å². The Bertz CT molecular complexity index is 790. The van der Waals surface area contributed by atoms with Crippen molar-refractivity contribution < 1.29 is 24.2 Å². The molecular formula is C19H21NO5. The molecule has 2 aromatic rings. The van der Waals surface area contributed by atoms with Gasteiger partial charge in [-0.15, -0.1) is 0 Å². The molecule has 0 saturated carbocycles. The fraction of sp³-hybridized carbons (Fsp3) is 0.263. The van der Waals surface area contributed by atoms with Crippen LogP contribution < -0.4 is 14.8 Å². The SMILES string of the molecule is COc1cc(C(=O)O)ccc1NC(=O)COc1c(C)cc(C)cc1C. The zero-order valence-electron chi connectivity index (χ0n) is 14.7. The highest BCUT2D eigenvalue weighted by Crippen LogP contribution is 2.27. The normalized spacial score (nSPS) is 10.2. The number of amides is 1. The molecule has 0 aliphatic rings. The standard InChI is InChI=1S/C19H21NO5/c1-11-7-12(2)18(13(3)8-11)25-10-17(21)20-15-6-5-14(19(22)23)9-16(15)24-4/h5-9H,10H2,1-4H3,(H,20,21)(H,22,23). The Morgan fingerprint density at radius 1 is 1.08 bits per heavy atom. The smallest absolute Gasteiger partial charge is 0.335 e. The number of methoxy groups -OCH3 is 1. The summed E-state index contributed by atoms with van der Waals surface area (Å²) < 4.78 is 10.8. The topological polar surface area (TPSA) is 84.9 Å². The summed E-state index contributed by atoms with van der Waals surface area (Å²) >= 11 is 0. The molecule has 0 bridgehead atoms. The Kier molecular flexibility index (Phi) is 5.64. The van der Waals surface area contributed by atoms with Gasteiger partial charge in [-0.3, -0.25) is 4.79 Å². The second-order valence-electron chi connectivity index (χ2n) is 5.78. The van der Waals surface area contributed by atoms with Crippen molar-refractivity contribution in [3.05, 3.63) is 52.6 Å². The van der Waals surface area contributed by atoms with Crippen LogP contribution in [0.1, 0.15) is 27.0 Å². The summed E-state index contributed by atoms with van der Waals surface area (Å²) in [6.45, 7) is 5.71. The minimum Gasteiger partial charge on any atom is -0.495 e. The number of benzene rings is 2. The number of carboxylic acid groups (broad SMARTS) is 1. The van der Waals surface area contributed by atoms with Gasteiger partial charge in [0.25, 0.3) is 5.91 Å². The van der Waals surface area contributed by atoms with Crippen molar-refractivity contribution in [2.45, 2.75) is 20.8 Å². The van der Waals surface area contributed by atoms with E-state index in [1.807, 2.05) is 32.9 Å². The second kappa shape index (κ2) is 7.70. The fourth-order valence-electron chi connectivity index (χ4n) is 2.65. The molecule has 0 aliphatic heterocycles. The largest absolute Gasteiger partial charge is 0.495 e. The van der Waals surface area contributed by atoms with Crippen molar-refractivity contribution >= 4 is 17.6 Å². The first kappa shape index (κ1) is 18.3. The summed E-state index contributed by atoms with van der Waals surface area (Å²) in [6.07, 6.45) is 0. The van der Waals surface area contributed by atoms with Gasteiger partial charge in [0.15, 0.2) is 6.61 Å². The third-order valence-electron chi connectivity index (χ3n) is 3.67. The summed E-state index contributed by atoms with van der Waals surface area (Å²) in [5.74, 6) is -0.463. The van der Waals surface area contributed by atoms with Gasteiger partial charge in [-0.25, -0.2) is 4.79 Å². The van der Waals surface area contributed by atoms with Crippen molar-refractivity contribution in [1.82, 2.24) is 0 Å². The van der Waals surface area contributed by atoms with Gasteiger partial charge in [0, 0.05) is 0 Å². The number of hydrogen-bond acceptors (Lipinski definition) is 4. The fourth-order valence-corrected chi connectivity index (χ4v) is 2.65. The van der Waals surface area contributed by atoms with Crippen molar-refractivity contribution in [3.63, 3.8) is 0 Å². The molecule has 0 fully saturated rings. The second-order valence-corrected chi connectivity index (χ2v) is 5.78. The van der Waals surface area contributed by atoms with Crippen LogP contribution in [0, 0.1) is 20.8 Å². The van der Waals surface area contributed by atoms with Crippen molar-refractivity contribution in [3.8, 4) is 11.5 Å². The average Bonchev–Trinajstić information content (AvgIpc) is 2.53. The molecule has 1 amide bonds. The average molecular weight is 343 g/mol. The van der Waals surface area contributed by atoms with Gasteiger partial charge >= 0.3 is 5.97 Å². The Morgan fingerprint density at radius 3 is 2.28 bits per heavy atom. The number of carbonyl (C=O) groups is 2. The lowest BCUT2D eigenvalue weighted by molar-refractivity contribution is -0.118. The van der Waals surface area contributed by atoms with Crippen LogP contribution in [0.4, 0.5) is 5.69 Å². The first-order chi connectivity index (χ1) is 11.8. The van der Waals surface area contributed by atoms with Gasteiger partial charge in [-0.1, -0.05) is 17.7 Å². The van der Waals surface area contributed by atoms with Crippen molar-refractivity contribution in [2.75, 3.05) is 19.0 Å². The van der Waals surface area contributed by atoms with Gasteiger partial charge in [0.05, 0.1) is 18.4 Å². The minimum atomic E-state index is -1.06. The van der Waals surface area contributed by atoms with E-state index in [9.17, 15) is 9.59 Å². The summed E-state index contributed by atoms with van der Waals surface area (Å²) in [5, 5.41) is 11.7. The quantitative estimate of drug-likeness (QED) is 0.840. The molecule has 25 heavy (non-hydrogen) atoms. The van der Waals surface area contributed by atoms with E-state index in [1.54, 1.807) is 0 Å². The Hall–Kier alpha value is -3.02. The Morgan fingerprint density at radius 2 is 1.72 bits per heavy atom. The van der Waals surface area contributed by atoms with Crippen LogP contribution >= 0.6 is 0 Å². The number of nitrogens with one attached hydrogen (secondary N) is 1. The highest BCUT2D eigenvalue weighted by molar-refractivity contribution is 5.95. The Balaban J connectivity index is 2.07. The number of ether oxygens (including phenoxy) is 2. The summed E-state index contributed by atoms with van der Waals surface area (Å²) in [4.78, 5) is 23.1. The van der Waals surface area contributed by atoms with Crippen LogP contribution in [0.5, 0.6) is 11.5 Å².